The van der Waals surface area contributed by atoms with Gasteiger partial charge in [-0.05, 0) is 13.0 Å². The van der Waals surface area contributed by atoms with Crippen molar-refractivity contribution >= 4 is 11.8 Å². The van der Waals surface area contributed by atoms with E-state index in [9.17, 15) is 19.8 Å². The van der Waals surface area contributed by atoms with Gasteiger partial charge in [0.15, 0.2) is 0 Å². The minimum atomic E-state index is -0.884. The number of piperidine rings is 1. The van der Waals surface area contributed by atoms with E-state index < -0.39 is 12.0 Å². The van der Waals surface area contributed by atoms with Crippen molar-refractivity contribution in [3.63, 3.8) is 0 Å². The third-order valence-corrected chi connectivity index (χ3v) is 3.27. The highest BCUT2D eigenvalue weighted by Gasteiger charge is 2.34. The molecule has 0 aromatic carbocycles. The number of hydrogen-bond donors (Lipinski definition) is 4. The van der Waals surface area contributed by atoms with Crippen LogP contribution in [-0.2, 0) is 14.3 Å². The number of carbonyl (C=O) groups excluding carboxylic acids is 2. The predicted molar refractivity (Wildman–Crippen MR) is 67.2 cm³/mol. The first-order valence-electron chi connectivity index (χ1n) is 6.42. The summed E-state index contributed by atoms with van der Waals surface area (Å²) >= 11 is 0. The van der Waals surface area contributed by atoms with Gasteiger partial charge < -0.3 is 20.3 Å². The summed E-state index contributed by atoms with van der Waals surface area (Å²) in [5.41, 5.74) is 0. The first-order valence-corrected chi connectivity index (χ1v) is 6.42. The Bertz CT molecular complexity index is 294. The molecular formula is C12H22N2O5. The van der Waals surface area contributed by atoms with Gasteiger partial charge in [-0.15, -0.1) is 0 Å². The number of aliphatic hydroxyl groups is 2. The van der Waals surface area contributed by atoms with Gasteiger partial charge in [-0.2, -0.15) is 0 Å². The Kier molecular flexibility index (Phi) is 6.93. The number of amides is 2. The van der Waals surface area contributed by atoms with E-state index in [0.29, 0.717) is 13.2 Å². The lowest BCUT2D eigenvalue weighted by molar-refractivity contribution is -0.137. The molecule has 0 bridgehead atoms. The van der Waals surface area contributed by atoms with Gasteiger partial charge in [0.1, 0.15) is 0 Å². The topological polar surface area (TPSA) is 108 Å². The molecule has 1 rings (SSSR count). The molecule has 7 nitrogen and oxygen atoms in total. The molecule has 0 saturated carbocycles. The number of ether oxygens (including phenoxy) is 1. The first kappa shape index (κ1) is 16.0. The average Bonchev–Trinajstić information content (AvgIpc) is 2.34. The maximum absolute atomic E-state index is 11.3. The van der Waals surface area contributed by atoms with E-state index in [1.807, 2.05) is 0 Å². The number of nitrogens with one attached hydrogen (secondary N) is 2. The van der Waals surface area contributed by atoms with Crippen molar-refractivity contribution in [3.05, 3.63) is 0 Å². The first-order chi connectivity index (χ1) is 9.08. The minimum Gasteiger partial charge on any atom is -0.396 e. The minimum absolute atomic E-state index is 0.0826. The largest absolute Gasteiger partial charge is 0.396 e. The van der Waals surface area contributed by atoms with E-state index in [-0.39, 0.29) is 43.8 Å². The molecule has 1 aliphatic heterocycles. The summed E-state index contributed by atoms with van der Waals surface area (Å²) in [4.78, 5) is 22.6. The normalized spacial score (nSPS) is 20.2. The van der Waals surface area contributed by atoms with Gasteiger partial charge in [0.25, 0.3) is 0 Å². The van der Waals surface area contributed by atoms with Gasteiger partial charge in [0, 0.05) is 31.9 Å². The van der Waals surface area contributed by atoms with Gasteiger partial charge in [0.2, 0.25) is 11.8 Å². The van der Waals surface area contributed by atoms with Gasteiger partial charge in [-0.3, -0.25) is 14.9 Å². The maximum atomic E-state index is 11.3. The number of aliphatic hydroxyl groups excluding tert-OH is 2. The molecular weight excluding hydrogens is 252 g/mol. The zero-order valence-electron chi connectivity index (χ0n) is 11.1. The van der Waals surface area contributed by atoms with Crippen molar-refractivity contribution in [1.82, 2.24) is 10.6 Å². The summed E-state index contributed by atoms with van der Waals surface area (Å²) < 4.78 is 5.25. The van der Waals surface area contributed by atoms with Crippen LogP contribution >= 0.6 is 0 Å². The van der Waals surface area contributed by atoms with Gasteiger partial charge in [-0.1, -0.05) is 0 Å². The molecule has 0 aliphatic carbocycles. The Morgan fingerprint density at radius 3 is 2.58 bits per heavy atom. The third-order valence-electron chi connectivity index (χ3n) is 3.27. The van der Waals surface area contributed by atoms with Crippen LogP contribution in [0.5, 0.6) is 0 Å². The van der Waals surface area contributed by atoms with Crippen molar-refractivity contribution < 1.29 is 24.5 Å². The molecule has 1 heterocycles. The molecule has 0 radical (unpaired) electrons. The van der Waals surface area contributed by atoms with E-state index in [1.165, 1.54) is 0 Å². The van der Waals surface area contributed by atoms with Gasteiger partial charge in [0.05, 0.1) is 19.3 Å². The van der Waals surface area contributed by atoms with E-state index in [1.54, 1.807) is 7.05 Å². The number of likely N-dealkylation sites (N-methyl/N-ethyl adjacent to an activating group) is 1. The highest BCUT2D eigenvalue weighted by molar-refractivity contribution is 5.97. The fourth-order valence-electron chi connectivity index (χ4n) is 2.20. The summed E-state index contributed by atoms with van der Waals surface area (Å²) in [6.07, 6.45) is -0.597. The average molecular weight is 274 g/mol. The molecule has 1 fully saturated rings. The second-order valence-corrected chi connectivity index (χ2v) is 4.73. The lowest BCUT2D eigenvalue weighted by atomic mass is 9.81. The molecule has 110 valence electrons. The molecule has 1 aliphatic rings. The van der Waals surface area contributed by atoms with Crippen molar-refractivity contribution in [2.24, 2.45) is 11.8 Å². The molecule has 0 spiro atoms. The number of imide groups is 1. The second kappa shape index (κ2) is 8.21. The SMILES string of the molecule is CNCCOCC(O)C(CO)C1CC(=O)NC(=O)C1. The summed E-state index contributed by atoms with van der Waals surface area (Å²) in [5.74, 6) is -1.58. The van der Waals surface area contributed by atoms with Crippen LogP contribution < -0.4 is 10.6 Å². The van der Waals surface area contributed by atoms with Crippen LogP contribution in [0, 0.1) is 11.8 Å². The van der Waals surface area contributed by atoms with E-state index in [0.717, 1.165) is 0 Å². The Labute approximate surface area is 112 Å². The summed E-state index contributed by atoms with van der Waals surface area (Å²) in [6, 6.07) is 0. The number of rotatable bonds is 8. The highest BCUT2D eigenvalue weighted by atomic mass is 16.5. The molecule has 0 aromatic rings. The van der Waals surface area contributed by atoms with Crippen LogP contribution in [0.25, 0.3) is 0 Å². The smallest absolute Gasteiger partial charge is 0.226 e. The zero-order valence-corrected chi connectivity index (χ0v) is 11.1. The van der Waals surface area contributed by atoms with Crippen LogP contribution in [0.1, 0.15) is 12.8 Å². The molecule has 2 atom stereocenters. The van der Waals surface area contributed by atoms with Crippen LogP contribution in [0.3, 0.4) is 0 Å². The highest BCUT2D eigenvalue weighted by Crippen LogP contribution is 2.25. The van der Waals surface area contributed by atoms with E-state index in [2.05, 4.69) is 10.6 Å². The summed E-state index contributed by atoms with van der Waals surface area (Å²) in [6.45, 7) is 0.928. The van der Waals surface area contributed by atoms with Crippen LogP contribution in [0.4, 0.5) is 0 Å². The molecule has 19 heavy (non-hydrogen) atoms. The van der Waals surface area contributed by atoms with E-state index >= 15 is 0 Å². The lowest BCUT2D eigenvalue weighted by Crippen LogP contribution is -2.45. The third kappa shape index (κ3) is 5.23. The van der Waals surface area contributed by atoms with Crippen molar-refractivity contribution in [1.29, 1.82) is 0 Å². The lowest BCUT2D eigenvalue weighted by Gasteiger charge is -2.31. The summed E-state index contributed by atoms with van der Waals surface area (Å²) in [7, 11) is 1.79. The second-order valence-electron chi connectivity index (χ2n) is 4.73. The Morgan fingerprint density at radius 2 is 2.05 bits per heavy atom. The number of carbonyl (C=O) groups is 2. The van der Waals surface area contributed by atoms with Crippen molar-refractivity contribution in [2.75, 3.05) is 33.4 Å². The Morgan fingerprint density at radius 1 is 1.42 bits per heavy atom. The molecule has 2 unspecified atom stereocenters. The fraction of sp³-hybridized carbons (Fsp3) is 0.833. The molecule has 7 heteroatoms. The summed E-state index contributed by atoms with van der Waals surface area (Å²) in [5, 5.41) is 24.5. The van der Waals surface area contributed by atoms with Crippen LogP contribution in [0.15, 0.2) is 0 Å². The van der Waals surface area contributed by atoms with Gasteiger partial charge in [-0.25, -0.2) is 0 Å². The molecule has 2 amide bonds. The molecule has 4 N–H and O–H groups in total. The monoisotopic (exact) mass is 274 g/mol. The zero-order chi connectivity index (χ0) is 14.3. The maximum Gasteiger partial charge on any atom is 0.226 e. The van der Waals surface area contributed by atoms with Gasteiger partial charge >= 0.3 is 0 Å². The van der Waals surface area contributed by atoms with Crippen LogP contribution in [0.2, 0.25) is 0 Å². The molecule has 0 aromatic heterocycles. The quantitative estimate of drug-likeness (QED) is 0.309. The fourth-order valence-corrected chi connectivity index (χ4v) is 2.20. The van der Waals surface area contributed by atoms with Crippen LogP contribution in [-0.4, -0.2) is 61.5 Å². The van der Waals surface area contributed by atoms with E-state index in [4.69, 9.17) is 4.74 Å². The number of hydrogen-bond acceptors (Lipinski definition) is 6. The predicted octanol–water partition coefficient (Wildman–Crippen LogP) is -1.76. The van der Waals surface area contributed by atoms with Crippen molar-refractivity contribution in [3.8, 4) is 0 Å². The van der Waals surface area contributed by atoms with Crippen molar-refractivity contribution in [2.45, 2.75) is 18.9 Å². The standard InChI is InChI=1S/C12H22N2O5/c1-13-2-3-19-7-10(16)9(6-15)8-4-11(17)14-12(18)5-8/h8-10,13,15-16H,2-7H2,1H3,(H,14,17,18). The Balaban J connectivity index is 2.46. The Hall–Kier alpha value is -1.02. The molecule has 1 saturated heterocycles.